The van der Waals surface area contributed by atoms with Crippen molar-refractivity contribution in [2.75, 3.05) is 5.73 Å². The van der Waals surface area contributed by atoms with Gasteiger partial charge in [0.15, 0.2) is 0 Å². The van der Waals surface area contributed by atoms with Gasteiger partial charge in [-0.05, 0) is 6.07 Å². The van der Waals surface area contributed by atoms with E-state index in [1.165, 1.54) is 6.33 Å². The maximum Gasteiger partial charge on any atom is 0.314 e. The molecule has 0 spiro atoms. The molecule has 2 heterocycles. The Bertz CT molecular complexity index is 810. The Morgan fingerprint density at radius 3 is 2.69 bits per heavy atom. The number of hydrogen-bond donors (Lipinski definition) is 4. The molecule has 0 radical (unpaired) electrons. The van der Waals surface area contributed by atoms with Crippen molar-refractivity contribution in [2.45, 2.75) is 0 Å². The molecule has 3 aromatic rings. The van der Waals surface area contributed by atoms with E-state index in [0.29, 0.717) is 27.8 Å². The van der Waals surface area contributed by atoms with Crippen molar-refractivity contribution in [3.05, 3.63) is 33.1 Å². The van der Waals surface area contributed by atoms with Crippen molar-refractivity contribution in [3.63, 3.8) is 0 Å². The van der Waals surface area contributed by atoms with Crippen molar-refractivity contribution in [2.24, 2.45) is 0 Å². The normalized spacial score (nSPS) is 11.2. The van der Waals surface area contributed by atoms with Gasteiger partial charge in [-0.1, -0.05) is 0 Å². The summed E-state index contributed by atoms with van der Waals surface area (Å²) in [6.45, 7) is 0. The number of rotatable bonds is 0. The van der Waals surface area contributed by atoms with Crippen LogP contribution >= 0.6 is 0 Å². The van der Waals surface area contributed by atoms with Gasteiger partial charge in [0.05, 0.1) is 28.6 Å². The number of nitrogens with two attached hydrogens (primary N) is 1. The van der Waals surface area contributed by atoms with Crippen molar-refractivity contribution in [1.82, 2.24) is 19.9 Å². The van der Waals surface area contributed by atoms with E-state index in [2.05, 4.69) is 19.9 Å². The molecule has 7 nitrogen and oxygen atoms in total. The fourth-order valence-electron chi connectivity index (χ4n) is 1.69. The minimum absolute atomic E-state index is 0.335. The standard InChI is InChI=1S/C9H7N5O2/c10-5-6-3(11-2-12-6)1-4-7(5)14-9(16)8(15)13-4/h1-2H,10H2,(H,11,12)(H,13,15)(H,14,16). The van der Waals surface area contributed by atoms with Gasteiger partial charge < -0.3 is 20.7 Å². The first kappa shape index (κ1) is 8.72. The predicted octanol–water partition coefficient (Wildman–Crippen LogP) is -0.325. The van der Waals surface area contributed by atoms with Crippen LogP contribution in [0, 0.1) is 0 Å². The van der Waals surface area contributed by atoms with Crippen LogP contribution in [0.1, 0.15) is 0 Å². The zero-order chi connectivity index (χ0) is 11.3. The summed E-state index contributed by atoms with van der Waals surface area (Å²) in [6, 6.07) is 1.67. The van der Waals surface area contributed by atoms with Crippen LogP contribution < -0.4 is 16.9 Å². The zero-order valence-electron chi connectivity index (χ0n) is 8.00. The molecule has 7 heteroatoms. The molecule has 0 aliphatic rings. The second-order valence-electron chi connectivity index (χ2n) is 3.42. The second kappa shape index (κ2) is 2.72. The van der Waals surface area contributed by atoms with E-state index in [1.807, 2.05) is 0 Å². The first-order chi connectivity index (χ1) is 7.66. The second-order valence-corrected chi connectivity index (χ2v) is 3.42. The number of nitrogen functional groups attached to an aromatic ring is 1. The maximum absolute atomic E-state index is 11.2. The molecule has 0 fully saturated rings. The summed E-state index contributed by atoms with van der Waals surface area (Å²) in [5, 5.41) is 0. The van der Waals surface area contributed by atoms with Crippen molar-refractivity contribution in [3.8, 4) is 0 Å². The van der Waals surface area contributed by atoms with Crippen LogP contribution in [-0.2, 0) is 0 Å². The average molecular weight is 217 g/mol. The molecule has 80 valence electrons. The van der Waals surface area contributed by atoms with Crippen LogP contribution in [0.5, 0.6) is 0 Å². The van der Waals surface area contributed by atoms with Crippen LogP contribution in [0.2, 0.25) is 0 Å². The van der Waals surface area contributed by atoms with E-state index in [0.717, 1.165) is 0 Å². The third-order valence-electron chi connectivity index (χ3n) is 2.44. The summed E-state index contributed by atoms with van der Waals surface area (Å²) in [6.07, 6.45) is 1.50. The number of nitrogens with one attached hydrogen (secondary N) is 3. The monoisotopic (exact) mass is 217 g/mol. The molecule has 0 aliphatic carbocycles. The van der Waals surface area contributed by atoms with Gasteiger partial charge in [-0.2, -0.15) is 0 Å². The number of aromatic amines is 3. The SMILES string of the molecule is Nc1c2nc[nH]c2cc2[nH]c(=O)c(=O)[nH]c12. The van der Waals surface area contributed by atoms with E-state index < -0.39 is 11.1 Å². The van der Waals surface area contributed by atoms with Crippen LogP contribution in [0.15, 0.2) is 22.0 Å². The molecule has 0 bridgehead atoms. The summed E-state index contributed by atoms with van der Waals surface area (Å²) in [5.41, 5.74) is 6.88. The molecule has 0 atom stereocenters. The molecule has 5 N–H and O–H groups in total. The lowest BCUT2D eigenvalue weighted by molar-refractivity contribution is 1.15. The smallest absolute Gasteiger partial charge is 0.314 e. The highest BCUT2D eigenvalue weighted by atomic mass is 16.2. The molecule has 16 heavy (non-hydrogen) atoms. The van der Waals surface area contributed by atoms with E-state index in [9.17, 15) is 9.59 Å². The lowest BCUT2D eigenvalue weighted by Gasteiger charge is -2.01. The lowest BCUT2D eigenvalue weighted by atomic mass is 10.2. The zero-order valence-corrected chi connectivity index (χ0v) is 8.00. The van der Waals surface area contributed by atoms with E-state index in [-0.39, 0.29) is 0 Å². The quantitative estimate of drug-likeness (QED) is 0.304. The van der Waals surface area contributed by atoms with Gasteiger partial charge in [0.1, 0.15) is 5.52 Å². The Morgan fingerprint density at radius 1 is 1.12 bits per heavy atom. The number of hydrogen-bond acceptors (Lipinski definition) is 4. The lowest BCUT2D eigenvalue weighted by Crippen LogP contribution is -2.29. The first-order valence-corrected chi connectivity index (χ1v) is 4.54. The molecule has 0 saturated heterocycles. The number of H-pyrrole nitrogens is 3. The molecule has 3 rings (SSSR count). The van der Waals surface area contributed by atoms with Crippen molar-refractivity contribution < 1.29 is 0 Å². The summed E-state index contributed by atoms with van der Waals surface area (Å²) in [7, 11) is 0. The van der Waals surface area contributed by atoms with Gasteiger partial charge in [0.2, 0.25) is 0 Å². The fraction of sp³-hybridized carbons (Fsp3) is 0. The van der Waals surface area contributed by atoms with Crippen LogP contribution in [0.25, 0.3) is 22.1 Å². The number of benzene rings is 1. The summed E-state index contributed by atoms with van der Waals surface area (Å²) in [5.74, 6) is 0. The Balaban J connectivity index is 2.67. The molecular formula is C9H7N5O2. The van der Waals surface area contributed by atoms with E-state index in [4.69, 9.17) is 5.73 Å². The molecule has 0 aliphatic heterocycles. The predicted molar refractivity (Wildman–Crippen MR) is 59.3 cm³/mol. The average Bonchev–Trinajstić information content (AvgIpc) is 2.70. The molecule has 0 saturated carbocycles. The van der Waals surface area contributed by atoms with Gasteiger partial charge in [-0.3, -0.25) is 9.59 Å². The number of aromatic nitrogens is 4. The number of imidazole rings is 1. The summed E-state index contributed by atoms with van der Waals surface area (Å²) >= 11 is 0. The van der Waals surface area contributed by atoms with Gasteiger partial charge >= 0.3 is 11.1 Å². The van der Waals surface area contributed by atoms with Gasteiger partial charge in [-0.15, -0.1) is 0 Å². The molecule has 1 aromatic carbocycles. The Morgan fingerprint density at radius 2 is 1.88 bits per heavy atom. The first-order valence-electron chi connectivity index (χ1n) is 4.54. The summed E-state index contributed by atoms with van der Waals surface area (Å²) < 4.78 is 0. The minimum atomic E-state index is -0.728. The van der Waals surface area contributed by atoms with Gasteiger partial charge in [0.25, 0.3) is 0 Å². The molecular weight excluding hydrogens is 210 g/mol. The largest absolute Gasteiger partial charge is 0.395 e. The molecule has 0 amide bonds. The van der Waals surface area contributed by atoms with Crippen molar-refractivity contribution >= 4 is 27.8 Å². The van der Waals surface area contributed by atoms with Gasteiger partial charge in [0, 0.05) is 0 Å². The van der Waals surface area contributed by atoms with Crippen LogP contribution in [0.4, 0.5) is 5.69 Å². The van der Waals surface area contributed by atoms with Crippen LogP contribution in [-0.4, -0.2) is 19.9 Å². The Labute approximate surface area is 87.3 Å². The maximum atomic E-state index is 11.2. The number of fused-ring (bicyclic) bond motifs is 2. The van der Waals surface area contributed by atoms with Crippen molar-refractivity contribution in [1.29, 1.82) is 0 Å². The topological polar surface area (TPSA) is 120 Å². The third-order valence-corrected chi connectivity index (χ3v) is 2.44. The Kier molecular flexibility index (Phi) is 1.48. The third kappa shape index (κ3) is 0.991. The Hall–Kier alpha value is -2.57. The molecule has 2 aromatic heterocycles. The van der Waals surface area contributed by atoms with Crippen LogP contribution in [0.3, 0.4) is 0 Å². The van der Waals surface area contributed by atoms with E-state index >= 15 is 0 Å². The highest BCUT2D eigenvalue weighted by Gasteiger charge is 2.08. The van der Waals surface area contributed by atoms with E-state index in [1.54, 1.807) is 6.07 Å². The highest BCUT2D eigenvalue weighted by molar-refractivity contribution is 6.03. The fourth-order valence-corrected chi connectivity index (χ4v) is 1.69. The highest BCUT2D eigenvalue weighted by Crippen LogP contribution is 2.24. The van der Waals surface area contributed by atoms with Gasteiger partial charge in [-0.25, -0.2) is 4.98 Å². The molecule has 0 unspecified atom stereocenters. The summed E-state index contributed by atoms with van der Waals surface area (Å²) in [4.78, 5) is 34.1. The minimum Gasteiger partial charge on any atom is -0.395 e. The number of anilines is 1. The number of nitrogens with zero attached hydrogens (tertiary/aromatic N) is 1.